The van der Waals surface area contributed by atoms with Crippen LogP contribution in [0.2, 0.25) is 0 Å². The number of hydrogen-bond donors (Lipinski definition) is 3. The van der Waals surface area contributed by atoms with Crippen LogP contribution in [0, 0.1) is 0 Å². The first kappa shape index (κ1) is 14.8. The van der Waals surface area contributed by atoms with Crippen LogP contribution >= 0.6 is 0 Å². The Labute approximate surface area is 90.1 Å². The summed E-state index contributed by atoms with van der Waals surface area (Å²) >= 11 is 0. The van der Waals surface area contributed by atoms with Crippen molar-refractivity contribution in [2.24, 2.45) is 0 Å². The van der Waals surface area contributed by atoms with Gasteiger partial charge >= 0.3 is 0 Å². The number of nitrogens with zero attached hydrogens (tertiary/aromatic N) is 1. The summed E-state index contributed by atoms with van der Waals surface area (Å²) < 4.78 is 21.7. The lowest BCUT2D eigenvalue weighted by atomic mass is 10.3. The Morgan fingerprint density at radius 2 is 1.67 bits per heavy atom. The lowest BCUT2D eigenvalue weighted by molar-refractivity contribution is 0.0987. The van der Waals surface area contributed by atoms with E-state index in [0.29, 0.717) is 13.1 Å². The average Bonchev–Trinajstić information content (AvgIpc) is 2.00. The molecular weight excluding hydrogens is 222 g/mol. The van der Waals surface area contributed by atoms with Gasteiger partial charge in [-0.05, 0) is 0 Å². The fourth-order valence-electron chi connectivity index (χ4n) is 1.28. The van der Waals surface area contributed by atoms with Crippen LogP contribution in [0.4, 0.5) is 0 Å². The van der Waals surface area contributed by atoms with E-state index in [1.54, 1.807) is 4.90 Å². The smallest absolute Gasteiger partial charge is 0.150 e. The minimum Gasteiger partial charge on any atom is -0.395 e. The molecule has 0 rings (SSSR count). The summed E-state index contributed by atoms with van der Waals surface area (Å²) in [6.07, 6.45) is 0.0663. The van der Waals surface area contributed by atoms with E-state index in [1.807, 2.05) is 0 Å². The molecule has 0 fully saturated rings. The van der Waals surface area contributed by atoms with Gasteiger partial charge in [0.1, 0.15) is 9.84 Å². The molecule has 6 nitrogen and oxygen atoms in total. The standard InChI is InChI=1S/C8H19NO5S/c1-15(13,14)7-8(12)6-9(2-4-10)3-5-11/h8,10-12H,2-7H2,1H3. The Bertz CT molecular complexity index is 248. The zero-order chi connectivity index (χ0) is 11.9. The van der Waals surface area contributed by atoms with E-state index in [4.69, 9.17) is 10.2 Å². The third-order valence-corrected chi connectivity index (χ3v) is 2.79. The summed E-state index contributed by atoms with van der Waals surface area (Å²) in [6.45, 7) is 0.564. The highest BCUT2D eigenvalue weighted by molar-refractivity contribution is 7.90. The Morgan fingerprint density at radius 1 is 1.20 bits per heavy atom. The van der Waals surface area contributed by atoms with E-state index in [0.717, 1.165) is 6.26 Å². The maximum Gasteiger partial charge on any atom is 0.150 e. The molecule has 0 spiro atoms. The van der Waals surface area contributed by atoms with Gasteiger partial charge in [0.15, 0.2) is 0 Å². The monoisotopic (exact) mass is 241 g/mol. The van der Waals surface area contributed by atoms with Crippen LogP contribution in [0.3, 0.4) is 0 Å². The third kappa shape index (κ3) is 8.76. The third-order valence-electron chi connectivity index (χ3n) is 1.80. The first-order chi connectivity index (χ1) is 6.89. The minimum atomic E-state index is -3.20. The van der Waals surface area contributed by atoms with Crippen LogP contribution in [-0.2, 0) is 9.84 Å². The summed E-state index contributed by atoms with van der Waals surface area (Å²) in [5.41, 5.74) is 0. The Morgan fingerprint density at radius 3 is 2.00 bits per heavy atom. The molecule has 0 bridgehead atoms. The fraction of sp³-hybridized carbons (Fsp3) is 1.00. The quantitative estimate of drug-likeness (QED) is 0.441. The van der Waals surface area contributed by atoms with E-state index in [2.05, 4.69) is 0 Å². The van der Waals surface area contributed by atoms with Crippen molar-refractivity contribution in [1.82, 2.24) is 4.90 Å². The first-order valence-electron chi connectivity index (χ1n) is 4.69. The predicted octanol–water partition coefficient (Wildman–Crippen LogP) is -2.32. The SMILES string of the molecule is CS(=O)(=O)CC(O)CN(CCO)CCO. The van der Waals surface area contributed by atoms with Crippen LogP contribution in [0.1, 0.15) is 0 Å². The van der Waals surface area contributed by atoms with Crippen LogP contribution < -0.4 is 0 Å². The van der Waals surface area contributed by atoms with Gasteiger partial charge in [0.05, 0.1) is 25.1 Å². The summed E-state index contributed by atoms with van der Waals surface area (Å²) in [5, 5.41) is 26.8. The summed E-state index contributed by atoms with van der Waals surface area (Å²) in [4.78, 5) is 1.61. The van der Waals surface area contributed by atoms with E-state index in [-0.39, 0.29) is 25.5 Å². The number of rotatable bonds is 8. The first-order valence-corrected chi connectivity index (χ1v) is 6.75. The Kier molecular flexibility index (Phi) is 7.03. The molecule has 0 aromatic carbocycles. The van der Waals surface area contributed by atoms with E-state index in [9.17, 15) is 13.5 Å². The van der Waals surface area contributed by atoms with Crippen LogP contribution in [0.15, 0.2) is 0 Å². The number of aliphatic hydroxyl groups is 3. The van der Waals surface area contributed by atoms with Gasteiger partial charge in [-0.1, -0.05) is 0 Å². The van der Waals surface area contributed by atoms with Gasteiger partial charge < -0.3 is 15.3 Å². The van der Waals surface area contributed by atoms with Gasteiger partial charge in [0, 0.05) is 25.9 Å². The molecule has 0 radical (unpaired) electrons. The average molecular weight is 241 g/mol. The van der Waals surface area contributed by atoms with Gasteiger partial charge in [-0.25, -0.2) is 8.42 Å². The van der Waals surface area contributed by atoms with E-state index in [1.165, 1.54) is 0 Å². The van der Waals surface area contributed by atoms with E-state index >= 15 is 0 Å². The van der Waals surface area contributed by atoms with Crippen molar-refractivity contribution in [2.75, 3.05) is 44.9 Å². The molecule has 0 aliphatic rings. The van der Waals surface area contributed by atoms with E-state index < -0.39 is 15.9 Å². The van der Waals surface area contributed by atoms with Crippen LogP contribution in [0.25, 0.3) is 0 Å². The van der Waals surface area contributed by atoms with Crippen molar-refractivity contribution in [3.05, 3.63) is 0 Å². The van der Waals surface area contributed by atoms with Crippen LogP contribution in [-0.4, -0.2) is 79.6 Å². The van der Waals surface area contributed by atoms with Gasteiger partial charge in [0.25, 0.3) is 0 Å². The molecule has 0 aromatic rings. The second kappa shape index (κ2) is 7.13. The Balaban J connectivity index is 4.04. The second-order valence-corrected chi connectivity index (χ2v) is 5.68. The molecule has 7 heteroatoms. The molecule has 0 amide bonds. The zero-order valence-corrected chi connectivity index (χ0v) is 9.65. The van der Waals surface area contributed by atoms with Crippen molar-refractivity contribution in [2.45, 2.75) is 6.10 Å². The van der Waals surface area contributed by atoms with Gasteiger partial charge in [0.2, 0.25) is 0 Å². The van der Waals surface area contributed by atoms with Crippen LogP contribution in [0.5, 0.6) is 0 Å². The molecule has 92 valence electrons. The van der Waals surface area contributed by atoms with Gasteiger partial charge in [-0.2, -0.15) is 0 Å². The van der Waals surface area contributed by atoms with Crippen molar-refractivity contribution in [1.29, 1.82) is 0 Å². The fourth-order valence-corrected chi connectivity index (χ4v) is 2.08. The largest absolute Gasteiger partial charge is 0.395 e. The summed E-state index contributed by atoms with van der Waals surface area (Å²) in [7, 11) is -3.20. The molecule has 1 atom stereocenters. The van der Waals surface area contributed by atoms with Crippen molar-refractivity contribution < 1.29 is 23.7 Å². The highest BCUT2D eigenvalue weighted by atomic mass is 32.2. The summed E-state index contributed by atoms with van der Waals surface area (Å²) in [6, 6.07) is 0. The van der Waals surface area contributed by atoms with Gasteiger partial charge in [-0.15, -0.1) is 0 Å². The highest BCUT2D eigenvalue weighted by Crippen LogP contribution is 1.96. The lowest BCUT2D eigenvalue weighted by Gasteiger charge is -2.22. The number of sulfone groups is 1. The maximum atomic E-state index is 10.9. The molecule has 15 heavy (non-hydrogen) atoms. The molecule has 0 aromatic heterocycles. The summed E-state index contributed by atoms with van der Waals surface area (Å²) in [5.74, 6) is -0.305. The second-order valence-electron chi connectivity index (χ2n) is 3.49. The lowest BCUT2D eigenvalue weighted by Crippen LogP contribution is -2.39. The Hall–Kier alpha value is -0.210. The van der Waals surface area contributed by atoms with Gasteiger partial charge in [-0.3, -0.25) is 4.90 Å². The molecule has 3 N–H and O–H groups in total. The topological polar surface area (TPSA) is 98.1 Å². The molecular formula is C8H19NO5S. The zero-order valence-electron chi connectivity index (χ0n) is 8.83. The van der Waals surface area contributed by atoms with Crippen molar-refractivity contribution in [3.63, 3.8) is 0 Å². The molecule has 0 aliphatic heterocycles. The molecule has 0 saturated heterocycles. The number of hydrogen-bond acceptors (Lipinski definition) is 6. The number of aliphatic hydroxyl groups excluding tert-OH is 3. The van der Waals surface area contributed by atoms with Crippen molar-refractivity contribution >= 4 is 9.84 Å². The maximum absolute atomic E-state index is 10.9. The normalized spacial score (nSPS) is 14.5. The molecule has 0 aliphatic carbocycles. The highest BCUT2D eigenvalue weighted by Gasteiger charge is 2.15. The minimum absolute atomic E-state index is 0.0917. The molecule has 0 heterocycles. The van der Waals surface area contributed by atoms with Crippen molar-refractivity contribution in [3.8, 4) is 0 Å². The molecule has 0 saturated carbocycles. The molecule has 1 unspecified atom stereocenters. The predicted molar refractivity (Wildman–Crippen MR) is 56.3 cm³/mol.